The predicted molar refractivity (Wildman–Crippen MR) is 102 cm³/mol. The SMILES string of the molecule is COC(=O)C1(c2ccccc2)CCN(C(=O)Cc2c(C)nn(C)c2C)CC1. The molecule has 0 atom stereocenters. The number of carbonyl (C=O) groups is 2. The van der Waals surface area contributed by atoms with Gasteiger partial charge in [0.25, 0.3) is 0 Å². The fourth-order valence-electron chi connectivity index (χ4n) is 4.04. The molecule has 0 saturated carbocycles. The molecule has 1 amide bonds. The van der Waals surface area contributed by atoms with Crippen LogP contribution in [0.5, 0.6) is 0 Å². The maximum absolute atomic E-state index is 12.8. The Morgan fingerprint density at radius 2 is 1.78 bits per heavy atom. The van der Waals surface area contributed by atoms with Gasteiger partial charge in [0.2, 0.25) is 5.91 Å². The van der Waals surface area contributed by atoms with Crippen molar-refractivity contribution in [3.05, 3.63) is 52.8 Å². The van der Waals surface area contributed by atoms with E-state index in [4.69, 9.17) is 4.74 Å². The zero-order chi connectivity index (χ0) is 19.6. The number of esters is 1. The van der Waals surface area contributed by atoms with Crippen LogP contribution in [0.4, 0.5) is 0 Å². The predicted octanol–water partition coefficient (Wildman–Crippen LogP) is 2.31. The zero-order valence-corrected chi connectivity index (χ0v) is 16.5. The van der Waals surface area contributed by atoms with E-state index in [9.17, 15) is 9.59 Å². The largest absolute Gasteiger partial charge is 0.468 e. The molecule has 0 aliphatic carbocycles. The lowest BCUT2D eigenvalue weighted by molar-refractivity contribution is -0.151. The first-order chi connectivity index (χ1) is 12.9. The van der Waals surface area contributed by atoms with E-state index in [0.717, 1.165) is 22.5 Å². The van der Waals surface area contributed by atoms with E-state index < -0.39 is 5.41 Å². The summed E-state index contributed by atoms with van der Waals surface area (Å²) in [5.41, 5.74) is 3.20. The molecule has 0 N–H and O–H groups in total. The molecule has 144 valence electrons. The number of ether oxygens (including phenoxy) is 1. The maximum atomic E-state index is 12.8. The first-order valence-corrected chi connectivity index (χ1v) is 9.30. The third kappa shape index (κ3) is 3.48. The molecule has 3 rings (SSSR count). The Kier molecular flexibility index (Phi) is 5.35. The number of methoxy groups -OCH3 is 1. The Bertz CT molecular complexity index is 834. The second-order valence-electron chi connectivity index (χ2n) is 7.27. The van der Waals surface area contributed by atoms with Crippen LogP contribution in [0.3, 0.4) is 0 Å². The van der Waals surface area contributed by atoms with Crippen molar-refractivity contribution in [2.24, 2.45) is 7.05 Å². The molecule has 27 heavy (non-hydrogen) atoms. The molecule has 1 aromatic carbocycles. The van der Waals surface area contributed by atoms with Crippen LogP contribution < -0.4 is 0 Å². The van der Waals surface area contributed by atoms with Gasteiger partial charge in [-0.05, 0) is 32.3 Å². The van der Waals surface area contributed by atoms with E-state index in [2.05, 4.69) is 5.10 Å². The smallest absolute Gasteiger partial charge is 0.316 e. The second kappa shape index (κ2) is 7.55. The molecule has 6 nitrogen and oxygen atoms in total. The monoisotopic (exact) mass is 369 g/mol. The van der Waals surface area contributed by atoms with E-state index in [1.807, 2.05) is 60.8 Å². The summed E-state index contributed by atoms with van der Waals surface area (Å²) < 4.78 is 6.93. The molecule has 1 aliphatic heterocycles. The number of piperidine rings is 1. The lowest BCUT2D eigenvalue weighted by Crippen LogP contribution is -2.49. The molecule has 1 fully saturated rings. The minimum atomic E-state index is -0.674. The first kappa shape index (κ1) is 19.1. The normalized spacial score (nSPS) is 16.2. The number of benzene rings is 1. The summed E-state index contributed by atoms with van der Waals surface area (Å²) in [5.74, 6) is -0.138. The lowest BCUT2D eigenvalue weighted by Gasteiger charge is -2.40. The summed E-state index contributed by atoms with van der Waals surface area (Å²) in [5, 5.41) is 4.39. The average molecular weight is 369 g/mol. The maximum Gasteiger partial charge on any atom is 0.316 e. The van der Waals surface area contributed by atoms with Crippen LogP contribution in [-0.4, -0.2) is 46.8 Å². The Morgan fingerprint density at radius 3 is 2.30 bits per heavy atom. The van der Waals surface area contributed by atoms with Gasteiger partial charge in [0.15, 0.2) is 0 Å². The summed E-state index contributed by atoms with van der Waals surface area (Å²) in [7, 11) is 3.32. The number of likely N-dealkylation sites (tertiary alicyclic amines) is 1. The Balaban J connectivity index is 1.75. The third-order valence-electron chi connectivity index (χ3n) is 5.86. The van der Waals surface area contributed by atoms with E-state index in [0.29, 0.717) is 32.4 Å². The lowest BCUT2D eigenvalue weighted by atomic mass is 9.72. The van der Waals surface area contributed by atoms with Crippen molar-refractivity contribution in [1.29, 1.82) is 0 Å². The van der Waals surface area contributed by atoms with Crippen LogP contribution in [0.2, 0.25) is 0 Å². The molecule has 0 spiro atoms. The molecule has 6 heteroatoms. The second-order valence-corrected chi connectivity index (χ2v) is 7.27. The van der Waals surface area contributed by atoms with E-state index in [1.165, 1.54) is 7.11 Å². The highest BCUT2D eigenvalue weighted by Crippen LogP contribution is 2.37. The molecule has 2 aromatic rings. The number of aryl methyl sites for hydroxylation is 2. The molecule has 0 unspecified atom stereocenters. The van der Waals surface area contributed by atoms with Crippen molar-refractivity contribution in [3.63, 3.8) is 0 Å². The molecule has 2 heterocycles. The Morgan fingerprint density at radius 1 is 1.15 bits per heavy atom. The standard InChI is InChI=1S/C21H27N3O3/c1-15-18(16(2)23(3)22-15)14-19(25)24-12-10-21(11-13-24,20(26)27-4)17-8-6-5-7-9-17/h5-9H,10-14H2,1-4H3. The number of amides is 1. The van der Waals surface area contributed by atoms with Crippen molar-refractivity contribution in [2.75, 3.05) is 20.2 Å². The summed E-state index contributed by atoms with van der Waals surface area (Å²) in [6.45, 7) is 5.00. The molecule has 1 saturated heterocycles. The number of nitrogens with zero attached hydrogens (tertiary/aromatic N) is 3. The van der Waals surface area contributed by atoms with E-state index in [1.54, 1.807) is 0 Å². The van der Waals surface area contributed by atoms with Crippen LogP contribution >= 0.6 is 0 Å². The summed E-state index contributed by atoms with van der Waals surface area (Å²) in [6.07, 6.45) is 1.49. The zero-order valence-electron chi connectivity index (χ0n) is 16.5. The molecule has 0 radical (unpaired) electrons. The molecule has 1 aromatic heterocycles. The third-order valence-corrected chi connectivity index (χ3v) is 5.86. The van der Waals surface area contributed by atoms with Crippen LogP contribution in [-0.2, 0) is 33.2 Å². The van der Waals surface area contributed by atoms with Gasteiger partial charge in [0, 0.05) is 31.4 Å². The van der Waals surface area contributed by atoms with Gasteiger partial charge >= 0.3 is 5.97 Å². The van der Waals surface area contributed by atoms with Crippen molar-refractivity contribution in [1.82, 2.24) is 14.7 Å². The topological polar surface area (TPSA) is 64.4 Å². The highest BCUT2D eigenvalue weighted by Gasteiger charge is 2.44. The fourth-order valence-corrected chi connectivity index (χ4v) is 4.04. The average Bonchev–Trinajstić information content (AvgIpc) is 2.94. The summed E-state index contributed by atoms with van der Waals surface area (Å²) in [6, 6.07) is 9.75. The van der Waals surface area contributed by atoms with Crippen LogP contribution in [0.25, 0.3) is 0 Å². The molecule has 0 bridgehead atoms. The van der Waals surface area contributed by atoms with Crippen molar-refractivity contribution in [2.45, 2.75) is 38.5 Å². The van der Waals surface area contributed by atoms with Gasteiger partial charge in [-0.3, -0.25) is 14.3 Å². The van der Waals surface area contributed by atoms with Crippen LogP contribution in [0.1, 0.15) is 35.4 Å². The summed E-state index contributed by atoms with van der Waals surface area (Å²) in [4.78, 5) is 27.3. The quantitative estimate of drug-likeness (QED) is 0.776. The van der Waals surface area contributed by atoms with Crippen molar-refractivity contribution < 1.29 is 14.3 Å². The van der Waals surface area contributed by atoms with Crippen LogP contribution in [0.15, 0.2) is 30.3 Å². The number of carbonyl (C=O) groups excluding carboxylic acids is 2. The Labute approximate surface area is 160 Å². The highest BCUT2D eigenvalue weighted by atomic mass is 16.5. The van der Waals surface area contributed by atoms with Gasteiger partial charge in [-0.2, -0.15) is 5.10 Å². The number of aromatic nitrogens is 2. The van der Waals surface area contributed by atoms with Gasteiger partial charge in [0.1, 0.15) is 0 Å². The number of hydrogen-bond donors (Lipinski definition) is 0. The van der Waals surface area contributed by atoms with E-state index in [-0.39, 0.29) is 11.9 Å². The van der Waals surface area contributed by atoms with Crippen LogP contribution in [0, 0.1) is 13.8 Å². The molecular weight excluding hydrogens is 342 g/mol. The fraction of sp³-hybridized carbons (Fsp3) is 0.476. The van der Waals surface area contributed by atoms with E-state index >= 15 is 0 Å². The highest BCUT2D eigenvalue weighted by molar-refractivity contribution is 5.84. The van der Waals surface area contributed by atoms with Gasteiger partial charge < -0.3 is 9.64 Å². The van der Waals surface area contributed by atoms with Gasteiger partial charge in [-0.15, -0.1) is 0 Å². The molecule has 1 aliphatic rings. The number of rotatable bonds is 4. The first-order valence-electron chi connectivity index (χ1n) is 9.30. The summed E-state index contributed by atoms with van der Waals surface area (Å²) >= 11 is 0. The minimum Gasteiger partial charge on any atom is -0.468 e. The van der Waals surface area contributed by atoms with Crippen molar-refractivity contribution in [3.8, 4) is 0 Å². The van der Waals surface area contributed by atoms with Gasteiger partial charge in [0.05, 0.1) is 24.6 Å². The number of hydrogen-bond acceptors (Lipinski definition) is 4. The Hall–Kier alpha value is -2.63. The van der Waals surface area contributed by atoms with Gasteiger partial charge in [-0.25, -0.2) is 0 Å². The van der Waals surface area contributed by atoms with Gasteiger partial charge in [-0.1, -0.05) is 30.3 Å². The minimum absolute atomic E-state index is 0.0840. The molecular formula is C21H27N3O3. The van der Waals surface area contributed by atoms with Crippen molar-refractivity contribution >= 4 is 11.9 Å².